The van der Waals surface area contributed by atoms with Crippen LogP contribution in [0.25, 0.3) is 0 Å². The standard InChI is InChI=1S/C22H28N2O2S2/c1-15(2)13-21(25)23-17-9-5-7-11-19(17)27-28-20-12-8-6-10-18(20)24-22(26)14-16(3)4/h5-12,15-16H,13-14H2,1-4H3,(H,23,25)(H,24,26). The normalized spacial score (nSPS) is 10.9. The fourth-order valence-corrected chi connectivity index (χ4v) is 4.80. The van der Waals surface area contributed by atoms with E-state index in [4.69, 9.17) is 0 Å². The van der Waals surface area contributed by atoms with Gasteiger partial charge in [-0.15, -0.1) is 0 Å². The molecule has 28 heavy (non-hydrogen) atoms. The summed E-state index contributed by atoms with van der Waals surface area (Å²) in [5.41, 5.74) is 1.62. The van der Waals surface area contributed by atoms with Gasteiger partial charge >= 0.3 is 0 Å². The number of carbonyl (C=O) groups is 2. The van der Waals surface area contributed by atoms with Gasteiger partial charge in [-0.25, -0.2) is 0 Å². The van der Waals surface area contributed by atoms with Gasteiger partial charge in [-0.3, -0.25) is 9.59 Å². The first kappa shape index (κ1) is 22.4. The van der Waals surface area contributed by atoms with Crippen molar-refractivity contribution in [3.8, 4) is 0 Å². The average Bonchev–Trinajstić information content (AvgIpc) is 2.60. The third-order valence-corrected chi connectivity index (χ3v) is 6.21. The Bertz CT molecular complexity index is 739. The van der Waals surface area contributed by atoms with Crippen molar-refractivity contribution in [2.24, 2.45) is 11.8 Å². The first-order chi connectivity index (χ1) is 13.3. The maximum absolute atomic E-state index is 12.1. The lowest BCUT2D eigenvalue weighted by molar-refractivity contribution is -0.117. The Kier molecular flexibility index (Phi) is 8.93. The van der Waals surface area contributed by atoms with Gasteiger partial charge in [-0.05, 0) is 36.1 Å². The Morgan fingerprint density at radius 1 is 0.714 bits per heavy atom. The van der Waals surface area contributed by atoms with Gasteiger partial charge in [0.15, 0.2) is 0 Å². The number of carbonyl (C=O) groups excluding carboxylic acids is 2. The molecule has 2 aromatic rings. The number of hydrogen-bond acceptors (Lipinski definition) is 4. The van der Waals surface area contributed by atoms with Gasteiger partial charge in [0, 0.05) is 22.6 Å². The van der Waals surface area contributed by atoms with Crippen molar-refractivity contribution in [2.45, 2.75) is 50.3 Å². The van der Waals surface area contributed by atoms with E-state index >= 15 is 0 Å². The van der Waals surface area contributed by atoms with Crippen LogP contribution in [-0.4, -0.2) is 11.8 Å². The molecule has 0 aromatic heterocycles. The van der Waals surface area contributed by atoms with E-state index in [9.17, 15) is 9.59 Å². The van der Waals surface area contributed by atoms with E-state index in [-0.39, 0.29) is 11.8 Å². The molecule has 0 atom stereocenters. The highest BCUT2D eigenvalue weighted by Gasteiger charge is 2.12. The molecule has 0 saturated carbocycles. The molecule has 0 aliphatic heterocycles. The number of para-hydroxylation sites is 2. The second-order valence-electron chi connectivity index (χ2n) is 7.45. The van der Waals surface area contributed by atoms with Gasteiger partial charge in [0.2, 0.25) is 11.8 Å². The smallest absolute Gasteiger partial charge is 0.224 e. The first-order valence-electron chi connectivity index (χ1n) is 9.47. The topological polar surface area (TPSA) is 58.2 Å². The fraction of sp³-hybridized carbons (Fsp3) is 0.364. The minimum Gasteiger partial charge on any atom is -0.325 e. The van der Waals surface area contributed by atoms with Crippen molar-refractivity contribution >= 4 is 44.8 Å². The molecule has 2 aromatic carbocycles. The molecule has 0 spiro atoms. The first-order valence-corrected chi connectivity index (χ1v) is 11.6. The predicted molar refractivity (Wildman–Crippen MR) is 121 cm³/mol. The van der Waals surface area contributed by atoms with E-state index < -0.39 is 0 Å². The van der Waals surface area contributed by atoms with Crippen LogP contribution in [0, 0.1) is 11.8 Å². The van der Waals surface area contributed by atoms with Crippen LogP contribution in [0.4, 0.5) is 11.4 Å². The van der Waals surface area contributed by atoms with E-state index in [2.05, 4.69) is 10.6 Å². The van der Waals surface area contributed by atoms with E-state index in [0.717, 1.165) is 21.2 Å². The van der Waals surface area contributed by atoms with Crippen molar-refractivity contribution in [3.63, 3.8) is 0 Å². The molecule has 0 radical (unpaired) electrons. The lowest BCUT2D eigenvalue weighted by Gasteiger charge is -2.13. The highest BCUT2D eigenvalue weighted by atomic mass is 33.1. The van der Waals surface area contributed by atoms with Crippen molar-refractivity contribution < 1.29 is 9.59 Å². The molecule has 0 heterocycles. The van der Waals surface area contributed by atoms with Crippen molar-refractivity contribution in [1.29, 1.82) is 0 Å². The molecule has 0 saturated heterocycles. The summed E-state index contributed by atoms with van der Waals surface area (Å²) in [6.45, 7) is 8.11. The SMILES string of the molecule is CC(C)CC(=O)Nc1ccccc1SSc1ccccc1NC(=O)CC(C)C. The van der Waals surface area contributed by atoms with E-state index in [0.29, 0.717) is 24.7 Å². The summed E-state index contributed by atoms with van der Waals surface area (Å²) in [6.07, 6.45) is 0.994. The van der Waals surface area contributed by atoms with Crippen LogP contribution in [0.15, 0.2) is 58.3 Å². The van der Waals surface area contributed by atoms with Crippen molar-refractivity contribution in [3.05, 3.63) is 48.5 Å². The summed E-state index contributed by atoms with van der Waals surface area (Å²) in [5, 5.41) is 6.01. The molecule has 0 bridgehead atoms. The summed E-state index contributed by atoms with van der Waals surface area (Å²) in [5.74, 6) is 0.676. The molecule has 0 fully saturated rings. The second-order valence-corrected chi connectivity index (χ2v) is 9.66. The maximum Gasteiger partial charge on any atom is 0.224 e. The summed E-state index contributed by atoms with van der Waals surface area (Å²) >= 11 is 0. The Hall–Kier alpha value is -1.92. The highest BCUT2D eigenvalue weighted by molar-refractivity contribution is 8.76. The molecule has 0 unspecified atom stereocenters. The molecule has 150 valence electrons. The van der Waals surface area contributed by atoms with Crippen LogP contribution >= 0.6 is 21.6 Å². The zero-order chi connectivity index (χ0) is 20.5. The monoisotopic (exact) mass is 416 g/mol. The molecular formula is C22H28N2O2S2. The molecule has 4 nitrogen and oxygen atoms in total. The number of benzene rings is 2. The highest BCUT2D eigenvalue weighted by Crippen LogP contribution is 2.43. The lowest BCUT2D eigenvalue weighted by atomic mass is 10.1. The molecule has 2 rings (SSSR count). The third-order valence-electron chi connectivity index (χ3n) is 3.73. The van der Waals surface area contributed by atoms with Crippen LogP contribution in [0.3, 0.4) is 0 Å². The molecule has 0 aliphatic carbocycles. The van der Waals surface area contributed by atoms with Gasteiger partial charge in [0.05, 0.1) is 11.4 Å². The summed E-state index contributed by atoms with van der Waals surface area (Å²) in [7, 11) is 3.13. The average molecular weight is 417 g/mol. The summed E-state index contributed by atoms with van der Waals surface area (Å²) < 4.78 is 0. The zero-order valence-electron chi connectivity index (χ0n) is 16.8. The minimum atomic E-state index is 0.0226. The van der Waals surface area contributed by atoms with Gasteiger partial charge in [0.1, 0.15) is 0 Å². The van der Waals surface area contributed by atoms with E-state index in [1.807, 2.05) is 76.2 Å². The number of anilines is 2. The van der Waals surface area contributed by atoms with Crippen LogP contribution in [0.2, 0.25) is 0 Å². The number of rotatable bonds is 9. The molecule has 2 amide bonds. The van der Waals surface area contributed by atoms with Crippen molar-refractivity contribution in [2.75, 3.05) is 10.6 Å². The zero-order valence-corrected chi connectivity index (χ0v) is 18.5. The molecular weight excluding hydrogens is 388 g/mol. The number of amides is 2. The molecule has 6 heteroatoms. The van der Waals surface area contributed by atoms with Gasteiger partial charge in [-0.2, -0.15) is 0 Å². The summed E-state index contributed by atoms with van der Waals surface area (Å²) in [4.78, 5) is 26.2. The van der Waals surface area contributed by atoms with Gasteiger partial charge in [-0.1, -0.05) is 73.5 Å². The third kappa shape index (κ3) is 7.60. The van der Waals surface area contributed by atoms with Gasteiger partial charge < -0.3 is 10.6 Å². The van der Waals surface area contributed by atoms with Crippen molar-refractivity contribution in [1.82, 2.24) is 0 Å². The van der Waals surface area contributed by atoms with Crippen LogP contribution in [0.1, 0.15) is 40.5 Å². The lowest BCUT2D eigenvalue weighted by Crippen LogP contribution is -2.14. The number of nitrogens with one attached hydrogen (secondary N) is 2. The molecule has 2 N–H and O–H groups in total. The van der Waals surface area contributed by atoms with Crippen LogP contribution in [0.5, 0.6) is 0 Å². The Morgan fingerprint density at radius 3 is 1.43 bits per heavy atom. The van der Waals surface area contributed by atoms with Crippen LogP contribution in [-0.2, 0) is 9.59 Å². The second kappa shape index (κ2) is 11.2. The Morgan fingerprint density at radius 2 is 1.07 bits per heavy atom. The minimum absolute atomic E-state index is 0.0226. The summed E-state index contributed by atoms with van der Waals surface area (Å²) in [6, 6.07) is 15.5. The number of hydrogen-bond donors (Lipinski definition) is 2. The van der Waals surface area contributed by atoms with Crippen LogP contribution < -0.4 is 10.6 Å². The quantitative estimate of drug-likeness (QED) is 0.461. The predicted octanol–water partition coefficient (Wildman–Crippen LogP) is 6.46. The Balaban J connectivity index is 2.07. The largest absolute Gasteiger partial charge is 0.325 e. The van der Waals surface area contributed by atoms with E-state index in [1.165, 1.54) is 0 Å². The molecule has 0 aliphatic rings. The van der Waals surface area contributed by atoms with Gasteiger partial charge in [0.25, 0.3) is 0 Å². The fourth-order valence-electron chi connectivity index (χ4n) is 2.52. The van der Waals surface area contributed by atoms with E-state index in [1.54, 1.807) is 21.6 Å². The Labute approximate surface area is 175 Å². The maximum atomic E-state index is 12.1.